The van der Waals surface area contributed by atoms with E-state index in [9.17, 15) is 18.0 Å². The predicted molar refractivity (Wildman–Crippen MR) is 103 cm³/mol. The maximum atomic E-state index is 12.6. The van der Waals surface area contributed by atoms with Gasteiger partial charge in [-0.15, -0.1) is 23.4 Å². The van der Waals surface area contributed by atoms with E-state index in [1.165, 1.54) is 12.1 Å². The van der Waals surface area contributed by atoms with Gasteiger partial charge in [0.2, 0.25) is 0 Å². The van der Waals surface area contributed by atoms with Gasteiger partial charge in [-0.1, -0.05) is 0 Å². The first-order valence-electron chi connectivity index (χ1n) is 9.26. The number of hydrogen-bond acceptors (Lipinski definition) is 5. The van der Waals surface area contributed by atoms with Gasteiger partial charge in [0.25, 0.3) is 5.91 Å². The highest BCUT2D eigenvalue weighted by Gasteiger charge is 2.31. The number of rotatable bonds is 4. The number of aromatic nitrogens is 3. The van der Waals surface area contributed by atoms with Crippen molar-refractivity contribution in [3.63, 3.8) is 0 Å². The molecule has 1 aliphatic rings. The third-order valence-electron chi connectivity index (χ3n) is 4.73. The van der Waals surface area contributed by atoms with Crippen molar-refractivity contribution in [3.8, 4) is 11.6 Å². The molecule has 2 aromatic heterocycles. The SMILES string of the molecule is O=C(c1ccc(OC(F)(F)F)cc1)N1CCN(c2ccc(-n3cccc3)nn2)CC1. The van der Waals surface area contributed by atoms with Crippen molar-refractivity contribution in [2.24, 2.45) is 0 Å². The Labute approximate surface area is 170 Å². The molecule has 3 heterocycles. The molecule has 0 saturated carbocycles. The lowest BCUT2D eigenvalue weighted by molar-refractivity contribution is -0.274. The van der Waals surface area contributed by atoms with Crippen LogP contribution in [0.5, 0.6) is 5.75 Å². The minimum Gasteiger partial charge on any atom is -0.406 e. The molecule has 0 spiro atoms. The lowest BCUT2D eigenvalue weighted by atomic mass is 10.1. The van der Waals surface area contributed by atoms with Gasteiger partial charge in [-0.05, 0) is 48.5 Å². The zero-order valence-electron chi connectivity index (χ0n) is 15.8. The minimum atomic E-state index is -4.76. The van der Waals surface area contributed by atoms with Crippen molar-refractivity contribution in [2.45, 2.75) is 6.36 Å². The number of carbonyl (C=O) groups excluding carboxylic acids is 1. The molecule has 3 aromatic rings. The fourth-order valence-corrected chi connectivity index (χ4v) is 3.23. The van der Waals surface area contributed by atoms with E-state index < -0.39 is 6.36 Å². The molecule has 0 unspecified atom stereocenters. The Morgan fingerprint density at radius 3 is 2.03 bits per heavy atom. The third kappa shape index (κ3) is 4.53. The van der Waals surface area contributed by atoms with Crippen LogP contribution in [0.15, 0.2) is 60.9 Å². The zero-order chi connectivity index (χ0) is 21.1. The van der Waals surface area contributed by atoms with E-state index in [0.717, 1.165) is 23.8 Å². The van der Waals surface area contributed by atoms with Crippen LogP contribution in [0, 0.1) is 0 Å². The van der Waals surface area contributed by atoms with Crippen LogP contribution in [-0.2, 0) is 0 Å². The Morgan fingerprint density at radius 2 is 1.47 bits per heavy atom. The second-order valence-electron chi connectivity index (χ2n) is 6.69. The van der Waals surface area contributed by atoms with Crippen molar-refractivity contribution >= 4 is 11.7 Å². The Kier molecular flexibility index (Phi) is 5.30. The number of nitrogens with zero attached hydrogens (tertiary/aromatic N) is 5. The maximum absolute atomic E-state index is 12.6. The number of carbonyl (C=O) groups is 1. The summed E-state index contributed by atoms with van der Waals surface area (Å²) in [4.78, 5) is 16.3. The molecule has 1 aromatic carbocycles. The third-order valence-corrected chi connectivity index (χ3v) is 4.73. The van der Waals surface area contributed by atoms with Crippen molar-refractivity contribution < 1.29 is 22.7 Å². The first-order chi connectivity index (χ1) is 14.4. The van der Waals surface area contributed by atoms with E-state index >= 15 is 0 Å². The second-order valence-corrected chi connectivity index (χ2v) is 6.69. The van der Waals surface area contributed by atoms with E-state index in [0.29, 0.717) is 31.7 Å². The van der Waals surface area contributed by atoms with E-state index in [1.54, 1.807) is 4.90 Å². The van der Waals surface area contributed by atoms with Crippen molar-refractivity contribution in [2.75, 3.05) is 31.1 Å². The van der Waals surface area contributed by atoms with E-state index in [4.69, 9.17) is 0 Å². The highest BCUT2D eigenvalue weighted by atomic mass is 19.4. The molecule has 1 fully saturated rings. The van der Waals surface area contributed by atoms with Crippen LogP contribution < -0.4 is 9.64 Å². The number of piperazine rings is 1. The highest BCUT2D eigenvalue weighted by Crippen LogP contribution is 2.23. The standard InChI is InChI=1S/C20H18F3N5O2/c21-20(22,23)30-16-5-3-15(4-6-16)19(29)28-13-11-27(12-14-28)18-8-7-17(24-25-18)26-9-1-2-10-26/h1-10H,11-14H2. The molecule has 1 amide bonds. The quantitative estimate of drug-likeness (QED) is 0.653. The van der Waals surface area contributed by atoms with Crippen LogP contribution in [0.3, 0.4) is 0 Å². The zero-order valence-corrected chi connectivity index (χ0v) is 15.8. The normalized spacial score (nSPS) is 14.6. The Balaban J connectivity index is 1.34. The van der Waals surface area contributed by atoms with Crippen LogP contribution in [0.1, 0.15) is 10.4 Å². The lowest BCUT2D eigenvalue weighted by Crippen LogP contribution is -2.49. The molecule has 0 radical (unpaired) electrons. The van der Waals surface area contributed by atoms with Crippen LogP contribution in [-0.4, -0.2) is 58.1 Å². The summed E-state index contributed by atoms with van der Waals surface area (Å²) in [5, 5.41) is 8.50. The van der Waals surface area contributed by atoms with Crippen LogP contribution in [0.2, 0.25) is 0 Å². The molecule has 1 saturated heterocycles. The van der Waals surface area contributed by atoms with Gasteiger partial charge >= 0.3 is 6.36 Å². The van der Waals surface area contributed by atoms with Gasteiger partial charge in [0.1, 0.15) is 5.75 Å². The highest BCUT2D eigenvalue weighted by molar-refractivity contribution is 5.94. The number of anilines is 1. The molecule has 0 aliphatic carbocycles. The Morgan fingerprint density at radius 1 is 0.867 bits per heavy atom. The molecular weight excluding hydrogens is 399 g/mol. The summed E-state index contributed by atoms with van der Waals surface area (Å²) in [5.74, 6) is 0.857. The van der Waals surface area contributed by atoms with Gasteiger partial charge in [0.15, 0.2) is 11.6 Å². The molecule has 10 heteroatoms. The van der Waals surface area contributed by atoms with E-state index in [1.807, 2.05) is 46.1 Å². The van der Waals surface area contributed by atoms with E-state index in [-0.39, 0.29) is 11.7 Å². The van der Waals surface area contributed by atoms with Gasteiger partial charge in [0.05, 0.1) is 0 Å². The molecule has 156 valence electrons. The van der Waals surface area contributed by atoms with Gasteiger partial charge in [-0.2, -0.15) is 0 Å². The first-order valence-corrected chi connectivity index (χ1v) is 9.26. The van der Waals surface area contributed by atoms with Crippen molar-refractivity contribution in [1.29, 1.82) is 0 Å². The summed E-state index contributed by atoms with van der Waals surface area (Å²) in [6.45, 7) is 2.11. The molecule has 0 N–H and O–H groups in total. The number of halogens is 3. The average molecular weight is 417 g/mol. The summed E-state index contributed by atoms with van der Waals surface area (Å²) >= 11 is 0. The largest absolute Gasteiger partial charge is 0.573 e. The number of amides is 1. The van der Waals surface area contributed by atoms with Crippen molar-refractivity contribution in [1.82, 2.24) is 19.7 Å². The van der Waals surface area contributed by atoms with Crippen LogP contribution in [0.25, 0.3) is 5.82 Å². The number of benzene rings is 1. The van der Waals surface area contributed by atoms with E-state index in [2.05, 4.69) is 14.9 Å². The van der Waals surface area contributed by atoms with Gasteiger partial charge in [-0.25, -0.2) is 0 Å². The molecule has 30 heavy (non-hydrogen) atoms. The number of ether oxygens (including phenoxy) is 1. The molecule has 0 bridgehead atoms. The monoisotopic (exact) mass is 417 g/mol. The molecule has 7 nitrogen and oxygen atoms in total. The second kappa shape index (κ2) is 8.05. The molecule has 4 rings (SSSR count). The number of alkyl halides is 3. The predicted octanol–water partition coefficient (Wildman–Crippen LogP) is 3.13. The molecule has 0 atom stereocenters. The lowest BCUT2D eigenvalue weighted by Gasteiger charge is -2.35. The summed E-state index contributed by atoms with van der Waals surface area (Å²) in [5.41, 5.74) is 0.314. The smallest absolute Gasteiger partial charge is 0.406 e. The Hall–Kier alpha value is -3.56. The van der Waals surface area contributed by atoms with Gasteiger partial charge in [0, 0.05) is 44.1 Å². The summed E-state index contributed by atoms with van der Waals surface area (Å²) < 4.78 is 42.4. The maximum Gasteiger partial charge on any atom is 0.573 e. The van der Waals surface area contributed by atoms with Crippen LogP contribution >= 0.6 is 0 Å². The fraction of sp³-hybridized carbons (Fsp3) is 0.250. The number of hydrogen-bond donors (Lipinski definition) is 0. The average Bonchev–Trinajstić information content (AvgIpc) is 3.28. The summed E-state index contributed by atoms with van der Waals surface area (Å²) in [6.07, 6.45) is -0.990. The molecule has 1 aliphatic heterocycles. The minimum absolute atomic E-state index is 0.234. The van der Waals surface area contributed by atoms with Crippen LogP contribution in [0.4, 0.5) is 19.0 Å². The van der Waals surface area contributed by atoms with Crippen molar-refractivity contribution in [3.05, 3.63) is 66.5 Å². The summed E-state index contributed by atoms with van der Waals surface area (Å²) in [6, 6.07) is 12.5. The first kappa shape index (κ1) is 19.7. The van der Waals surface area contributed by atoms with Gasteiger partial charge < -0.3 is 19.1 Å². The van der Waals surface area contributed by atoms with Gasteiger partial charge in [-0.3, -0.25) is 4.79 Å². The Bertz CT molecular complexity index is 981. The topological polar surface area (TPSA) is 63.5 Å². The molecular formula is C20H18F3N5O2. The fourth-order valence-electron chi connectivity index (χ4n) is 3.23. The summed E-state index contributed by atoms with van der Waals surface area (Å²) in [7, 11) is 0.